The molecule has 9 heteroatoms. The highest BCUT2D eigenvalue weighted by Gasteiger charge is 2.51. The molecule has 0 saturated carbocycles. The number of nitrogens with zero attached hydrogens (tertiary/aromatic N) is 4. The number of fused-ring (bicyclic) bond motifs is 1. The molecule has 0 bridgehead atoms. The molecule has 202 valence electrons. The Kier molecular flexibility index (Phi) is 7.51. The fourth-order valence-electron chi connectivity index (χ4n) is 5.22. The van der Waals surface area contributed by atoms with E-state index >= 15 is 0 Å². The van der Waals surface area contributed by atoms with Gasteiger partial charge < -0.3 is 20.2 Å². The predicted molar refractivity (Wildman–Crippen MR) is 146 cm³/mol. The fraction of sp³-hybridized carbons (Fsp3) is 0.300. The summed E-state index contributed by atoms with van der Waals surface area (Å²) in [6.45, 7) is 3.06. The maximum absolute atomic E-state index is 13.8. The second-order valence-electron chi connectivity index (χ2n) is 10.1. The van der Waals surface area contributed by atoms with Crippen LogP contribution in [0.4, 0.5) is 4.79 Å². The Morgan fingerprint density at radius 3 is 2.31 bits per heavy atom. The fourth-order valence-corrected chi connectivity index (χ4v) is 5.22. The molecule has 5 rings (SSSR count). The van der Waals surface area contributed by atoms with E-state index in [0.29, 0.717) is 19.5 Å². The van der Waals surface area contributed by atoms with Crippen LogP contribution >= 0.6 is 0 Å². The average molecular weight is 528 g/mol. The van der Waals surface area contributed by atoms with E-state index in [1.165, 1.54) is 5.01 Å². The standard InChI is InChI=1S/C30H33N5O4/c1-21-8-10-24(11-9-21)18-33-19-27-34(32(2)30(39)31-17-23-6-4-3-5-7-23)20-28(37)35(27)26(29(33)38)16-22-12-14-25(36)15-13-22/h3-15,26-27,36H,16-20H2,1-2H3,(H,31,39)/t26-,27+/m0/s1. The number of amides is 4. The van der Waals surface area contributed by atoms with Crippen molar-refractivity contribution in [2.75, 3.05) is 20.1 Å². The summed E-state index contributed by atoms with van der Waals surface area (Å²) < 4.78 is 0. The van der Waals surface area contributed by atoms with Crippen LogP contribution < -0.4 is 5.32 Å². The second kappa shape index (κ2) is 11.2. The predicted octanol–water partition coefficient (Wildman–Crippen LogP) is 2.88. The number of hydrogen-bond acceptors (Lipinski definition) is 5. The first-order valence-electron chi connectivity index (χ1n) is 13.1. The van der Waals surface area contributed by atoms with Gasteiger partial charge in [-0.25, -0.2) is 4.79 Å². The number of carbonyl (C=O) groups excluding carboxylic acids is 3. The molecule has 9 nitrogen and oxygen atoms in total. The molecule has 2 aliphatic heterocycles. The van der Waals surface area contributed by atoms with E-state index in [1.54, 1.807) is 46.1 Å². The number of rotatable bonds is 7. The number of aryl methyl sites for hydroxylation is 1. The minimum Gasteiger partial charge on any atom is -0.508 e. The first kappa shape index (κ1) is 26.2. The smallest absolute Gasteiger partial charge is 0.332 e. The van der Waals surface area contributed by atoms with E-state index in [1.807, 2.05) is 61.5 Å². The van der Waals surface area contributed by atoms with Crippen molar-refractivity contribution in [3.05, 3.63) is 101 Å². The lowest BCUT2D eigenvalue weighted by molar-refractivity contribution is -0.157. The van der Waals surface area contributed by atoms with Crippen molar-refractivity contribution in [1.82, 2.24) is 25.1 Å². The first-order valence-corrected chi connectivity index (χ1v) is 13.1. The zero-order valence-corrected chi connectivity index (χ0v) is 22.2. The number of nitrogens with one attached hydrogen (secondary N) is 1. The highest BCUT2D eigenvalue weighted by molar-refractivity contribution is 5.91. The molecule has 2 aliphatic rings. The summed E-state index contributed by atoms with van der Waals surface area (Å²) in [7, 11) is 1.65. The molecule has 2 heterocycles. The monoisotopic (exact) mass is 527 g/mol. The van der Waals surface area contributed by atoms with Gasteiger partial charge in [-0.15, -0.1) is 0 Å². The Labute approximate surface area is 228 Å². The topological polar surface area (TPSA) is 96.4 Å². The molecule has 2 atom stereocenters. The number of hydrogen-bond donors (Lipinski definition) is 2. The molecule has 39 heavy (non-hydrogen) atoms. The van der Waals surface area contributed by atoms with Crippen LogP contribution in [0.2, 0.25) is 0 Å². The van der Waals surface area contributed by atoms with Gasteiger partial charge in [-0.05, 0) is 35.7 Å². The van der Waals surface area contributed by atoms with Crippen LogP contribution in [0, 0.1) is 6.92 Å². The SMILES string of the molecule is Cc1ccc(CN2C[C@H]3N(C(=O)CN3N(C)C(=O)NCc3ccccc3)[C@@H](Cc3ccc(O)cc3)C2=O)cc1. The highest BCUT2D eigenvalue weighted by atomic mass is 16.3. The zero-order valence-electron chi connectivity index (χ0n) is 22.2. The largest absolute Gasteiger partial charge is 0.508 e. The lowest BCUT2D eigenvalue weighted by Gasteiger charge is -2.45. The van der Waals surface area contributed by atoms with Crippen LogP contribution in [0.5, 0.6) is 5.75 Å². The van der Waals surface area contributed by atoms with Gasteiger partial charge in [0.1, 0.15) is 18.0 Å². The Bertz CT molecular complexity index is 1330. The Morgan fingerprint density at radius 1 is 0.949 bits per heavy atom. The number of carbonyl (C=O) groups is 3. The van der Waals surface area contributed by atoms with Gasteiger partial charge in [-0.2, -0.15) is 5.01 Å². The molecule has 0 aromatic heterocycles. The molecule has 4 amide bonds. The van der Waals surface area contributed by atoms with E-state index in [-0.39, 0.29) is 36.7 Å². The van der Waals surface area contributed by atoms with E-state index in [4.69, 9.17) is 0 Å². The van der Waals surface area contributed by atoms with Crippen molar-refractivity contribution in [2.24, 2.45) is 0 Å². The number of phenols is 1. The van der Waals surface area contributed by atoms with Crippen LogP contribution in [0.1, 0.15) is 22.3 Å². The van der Waals surface area contributed by atoms with Gasteiger partial charge in [-0.3, -0.25) is 14.6 Å². The Hall–Kier alpha value is -4.37. The van der Waals surface area contributed by atoms with Gasteiger partial charge >= 0.3 is 6.03 Å². The maximum Gasteiger partial charge on any atom is 0.332 e. The molecule has 2 N–H and O–H groups in total. The van der Waals surface area contributed by atoms with Crippen molar-refractivity contribution in [2.45, 2.75) is 38.6 Å². The van der Waals surface area contributed by atoms with Crippen LogP contribution in [0.15, 0.2) is 78.9 Å². The van der Waals surface area contributed by atoms with Crippen molar-refractivity contribution in [3.8, 4) is 5.75 Å². The van der Waals surface area contributed by atoms with Crippen molar-refractivity contribution in [3.63, 3.8) is 0 Å². The average Bonchev–Trinajstić information content (AvgIpc) is 3.27. The minimum absolute atomic E-state index is 0.00233. The van der Waals surface area contributed by atoms with Crippen LogP contribution in [-0.2, 0) is 29.1 Å². The summed E-state index contributed by atoms with van der Waals surface area (Å²) in [6.07, 6.45) is -0.181. The quantitative estimate of drug-likeness (QED) is 0.493. The molecule has 0 spiro atoms. The van der Waals surface area contributed by atoms with E-state index in [0.717, 1.165) is 22.3 Å². The second-order valence-corrected chi connectivity index (χ2v) is 10.1. The zero-order chi connectivity index (χ0) is 27.5. The summed E-state index contributed by atoms with van der Waals surface area (Å²) in [5, 5.41) is 15.8. The number of hydrazine groups is 1. The first-order chi connectivity index (χ1) is 18.8. The third-order valence-electron chi connectivity index (χ3n) is 7.39. The summed E-state index contributed by atoms with van der Waals surface area (Å²) in [5.41, 5.74) is 3.94. The Balaban J connectivity index is 1.39. The van der Waals surface area contributed by atoms with Crippen LogP contribution in [0.25, 0.3) is 0 Å². The number of urea groups is 1. The number of aromatic hydroxyl groups is 1. The van der Waals surface area contributed by atoms with Crippen molar-refractivity contribution in [1.29, 1.82) is 0 Å². The number of benzene rings is 3. The van der Waals surface area contributed by atoms with Crippen molar-refractivity contribution < 1.29 is 19.5 Å². The Morgan fingerprint density at radius 2 is 1.62 bits per heavy atom. The van der Waals surface area contributed by atoms with E-state index < -0.39 is 12.2 Å². The minimum atomic E-state index is -0.725. The molecular formula is C30H33N5O4. The van der Waals surface area contributed by atoms with Crippen LogP contribution in [-0.4, -0.2) is 75.1 Å². The van der Waals surface area contributed by atoms with Gasteiger partial charge in [0.05, 0.1) is 13.1 Å². The third-order valence-corrected chi connectivity index (χ3v) is 7.39. The molecular weight excluding hydrogens is 494 g/mol. The van der Waals surface area contributed by atoms with Crippen molar-refractivity contribution >= 4 is 17.8 Å². The lowest BCUT2D eigenvalue weighted by atomic mass is 9.99. The molecule has 2 saturated heterocycles. The lowest BCUT2D eigenvalue weighted by Crippen LogP contribution is -2.65. The summed E-state index contributed by atoms with van der Waals surface area (Å²) in [5.74, 6) is -0.194. The summed E-state index contributed by atoms with van der Waals surface area (Å²) >= 11 is 0. The van der Waals surface area contributed by atoms with Gasteiger partial charge in [0.15, 0.2) is 0 Å². The number of piperazine rings is 1. The summed E-state index contributed by atoms with van der Waals surface area (Å²) in [6, 6.07) is 23.3. The van der Waals surface area contributed by atoms with Gasteiger partial charge in [-0.1, -0.05) is 72.3 Å². The van der Waals surface area contributed by atoms with Crippen LogP contribution in [0.3, 0.4) is 0 Å². The molecule has 0 unspecified atom stereocenters. The maximum atomic E-state index is 13.8. The summed E-state index contributed by atoms with van der Waals surface area (Å²) in [4.78, 5) is 43.6. The van der Waals surface area contributed by atoms with Gasteiger partial charge in [0.25, 0.3) is 0 Å². The normalized spacial score (nSPS) is 19.2. The van der Waals surface area contributed by atoms with Gasteiger partial charge in [0.2, 0.25) is 11.8 Å². The molecule has 2 fully saturated rings. The van der Waals surface area contributed by atoms with E-state index in [9.17, 15) is 19.5 Å². The molecule has 3 aromatic carbocycles. The number of phenolic OH excluding ortho intramolecular Hbond substituents is 1. The van der Waals surface area contributed by atoms with E-state index in [2.05, 4.69) is 5.32 Å². The van der Waals surface area contributed by atoms with Gasteiger partial charge in [0, 0.05) is 26.6 Å². The highest BCUT2D eigenvalue weighted by Crippen LogP contribution is 2.30. The molecule has 3 aromatic rings. The molecule has 0 radical (unpaired) electrons. The molecule has 0 aliphatic carbocycles. The third kappa shape index (κ3) is 5.73.